The third-order valence-corrected chi connectivity index (χ3v) is 3.60. The topological polar surface area (TPSA) is 64.1 Å². The molecule has 0 bridgehead atoms. The Morgan fingerprint density at radius 3 is 2.63 bits per heavy atom. The van der Waals surface area contributed by atoms with Gasteiger partial charge in [-0.3, -0.25) is 4.68 Å². The number of phenolic OH excluding ortho intramolecular Hbond substituents is 1. The predicted molar refractivity (Wildman–Crippen MR) is 79.9 cm³/mol. The molecule has 3 rings (SSSR count). The Morgan fingerprint density at radius 2 is 1.95 bits per heavy atom. The summed E-state index contributed by atoms with van der Waals surface area (Å²) in [6.07, 6.45) is 0. The fourth-order valence-electron chi connectivity index (χ4n) is 2.08. The van der Waals surface area contributed by atoms with Gasteiger partial charge in [-0.2, -0.15) is 5.10 Å². The lowest BCUT2D eigenvalue weighted by Crippen LogP contribution is -1.96. The lowest BCUT2D eigenvalue weighted by atomic mass is 10.0. The maximum Gasteiger partial charge on any atom is 0.125 e. The van der Waals surface area contributed by atoms with Crippen LogP contribution in [0.15, 0.2) is 40.9 Å². The first-order chi connectivity index (χ1) is 9.04. The summed E-state index contributed by atoms with van der Waals surface area (Å²) in [7, 11) is 1.77. The van der Waals surface area contributed by atoms with Gasteiger partial charge in [-0.1, -0.05) is 22.0 Å². The number of aromatic nitrogens is 2. The molecule has 0 saturated carbocycles. The second kappa shape index (κ2) is 4.28. The van der Waals surface area contributed by atoms with Crippen LogP contribution in [0.1, 0.15) is 0 Å². The van der Waals surface area contributed by atoms with Crippen molar-refractivity contribution in [2.45, 2.75) is 0 Å². The zero-order valence-electron chi connectivity index (χ0n) is 10.3. The number of nitrogen functional groups attached to an aromatic ring is 1. The molecule has 0 spiro atoms. The minimum Gasteiger partial charge on any atom is -0.507 e. The molecule has 0 unspecified atom stereocenters. The van der Waals surface area contributed by atoms with Crippen LogP contribution in [-0.2, 0) is 7.05 Å². The zero-order chi connectivity index (χ0) is 13.6. The Bertz CT molecular complexity index is 760. The van der Waals surface area contributed by atoms with E-state index in [1.165, 1.54) is 0 Å². The van der Waals surface area contributed by atoms with E-state index in [1.807, 2.05) is 24.3 Å². The summed E-state index contributed by atoms with van der Waals surface area (Å²) in [5.41, 5.74) is 7.12. The van der Waals surface area contributed by atoms with Gasteiger partial charge in [0.1, 0.15) is 11.6 Å². The number of fused-ring (bicyclic) bond motifs is 1. The zero-order valence-corrected chi connectivity index (χ0v) is 11.8. The number of phenols is 1. The van der Waals surface area contributed by atoms with Crippen LogP contribution in [0.25, 0.3) is 22.0 Å². The fraction of sp³-hybridized carbons (Fsp3) is 0.0714. The molecule has 1 heterocycles. The van der Waals surface area contributed by atoms with Crippen molar-refractivity contribution in [2.24, 2.45) is 7.05 Å². The maximum absolute atomic E-state index is 10.1. The molecule has 0 aliphatic carbocycles. The first-order valence-electron chi connectivity index (χ1n) is 5.77. The Balaban J connectivity index is 2.25. The van der Waals surface area contributed by atoms with E-state index >= 15 is 0 Å². The molecule has 2 aromatic carbocycles. The predicted octanol–water partition coefficient (Wildman–Crippen LogP) is 3.29. The van der Waals surface area contributed by atoms with Crippen molar-refractivity contribution < 1.29 is 5.11 Å². The summed E-state index contributed by atoms with van der Waals surface area (Å²) in [5, 5.41) is 16.4. The largest absolute Gasteiger partial charge is 0.507 e. The van der Waals surface area contributed by atoms with Crippen molar-refractivity contribution in [1.29, 1.82) is 0 Å². The van der Waals surface area contributed by atoms with Crippen LogP contribution in [-0.4, -0.2) is 14.9 Å². The van der Waals surface area contributed by atoms with Crippen molar-refractivity contribution in [3.8, 4) is 17.0 Å². The molecule has 0 amide bonds. The van der Waals surface area contributed by atoms with Gasteiger partial charge in [-0.25, -0.2) is 0 Å². The molecule has 96 valence electrons. The molecular formula is C14H12BrN3O. The molecule has 4 nitrogen and oxygen atoms in total. The van der Waals surface area contributed by atoms with E-state index in [9.17, 15) is 5.11 Å². The number of hydrogen-bond acceptors (Lipinski definition) is 3. The van der Waals surface area contributed by atoms with Crippen molar-refractivity contribution in [2.75, 3.05) is 5.73 Å². The Kier molecular flexibility index (Phi) is 2.71. The van der Waals surface area contributed by atoms with Gasteiger partial charge in [0.05, 0.1) is 5.69 Å². The monoisotopic (exact) mass is 317 g/mol. The van der Waals surface area contributed by atoms with Gasteiger partial charge in [-0.15, -0.1) is 0 Å². The Labute approximate surface area is 118 Å². The second-order valence-corrected chi connectivity index (χ2v) is 5.35. The third kappa shape index (κ3) is 2.06. The van der Waals surface area contributed by atoms with Gasteiger partial charge in [0, 0.05) is 23.2 Å². The van der Waals surface area contributed by atoms with Crippen LogP contribution in [0.5, 0.6) is 5.75 Å². The summed E-state index contributed by atoms with van der Waals surface area (Å²) in [5.74, 6) is 0.761. The molecule has 1 aromatic heterocycles. The van der Waals surface area contributed by atoms with Crippen LogP contribution in [0.4, 0.5) is 5.82 Å². The first kappa shape index (κ1) is 12.0. The lowest BCUT2D eigenvalue weighted by Gasteiger charge is -2.05. The Morgan fingerprint density at radius 1 is 1.16 bits per heavy atom. The van der Waals surface area contributed by atoms with E-state index in [1.54, 1.807) is 23.9 Å². The molecule has 3 N–H and O–H groups in total. The summed E-state index contributed by atoms with van der Waals surface area (Å²) < 4.78 is 2.58. The maximum atomic E-state index is 10.1. The second-order valence-electron chi connectivity index (χ2n) is 4.44. The molecule has 0 fully saturated rings. The first-order valence-corrected chi connectivity index (χ1v) is 6.56. The highest BCUT2D eigenvalue weighted by Gasteiger charge is 2.11. The average Bonchev–Trinajstić information content (AvgIpc) is 2.69. The number of rotatable bonds is 1. The summed E-state index contributed by atoms with van der Waals surface area (Å²) in [4.78, 5) is 0. The quantitative estimate of drug-likeness (QED) is 0.724. The summed E-state index contributed by atoms with van der Waals surface area (Å²) in [6, 6.07) is 11.3. The van der Waals surface area contributed by atoms with Crippen LogP contribution in [0.3, 0.4) is 0 Å². The summed E-state index contributed by atoms with van der Waals surface area (Å²) >= 11 is 3.45. The van der Waals surface area contributed by atoms with Crippen LogP contribution in [0, 0.1) is 0 Å². The van der Waals surface area contributed by atoms with Gasteiger partial charge >= 0.3 is 0 Å². The number of halogens is 1. The lowest BCUT2D eigenvalue weighted by molar-refractivity contribution is 0.478. The van der Waals surface area contributed by atoms with Gasteiger partial charge in [0.15, 0.2) is 0 Å². The number of aromatic hydroxyl groups is 1. The molecule has 0 saturated heterocycles. The van der Waals surface area contributed by atoms with Crippen molar-refractivity contribution in [1.82, 2.24) is 9.78 Å². The highest BCUT2D eigenvalue weighted by Crippen LogP contribution is 2.34. The number of nitrogens with zero attached hydrogens (tertiary/aromatic N) is 2. The van der Waals surface area contributed by atoms with E-state index in [0.29, 0.717) is 17.1 Å². The van der Waals surface area contributed by atoms with Crippen LogP contribution < -0.4 is 5.73 Å². The molecule has 0 aliphatic rings. The molecule has 0 aliphatic heterocycles. The van der Waals surface area contributed by atoms with Crippen molar-refractivity contribution in [3.05, 3.63) is 40.9 Å². The Hall–Kier alpha value is -2.01. The van der Waals surface area contributed by atoms with E-state index in [0.717, 1.165) is 15.2 Å². The molecule has 19 heavy (non-hydrogen) atoms. The smallest absolute Gasteiger partial charge is 0.125 e. The molecular weight excluding hydrogens is 306 g/mol. The summed E-state index contributed by atoms with van der Waals surface area (Å²) in [6.45, 7) is 0. The highest BCUT2D eigenvalue weighted by atomic mass is 79.9. The van der Waals surface area contributed by atoms with Crippen molar-refractivity contribution in [3.63, 3.8) is 0 Å². The van der Waals surface area contributed by atoms with Gasteiger partial charge in [0.2, 0.25) is 0 Å². The van der Waals surface area contributed by atoms with Crippen molar-refractivity contribution >= 4 is 32.5 Å². The van der Waals surface area contributed by atoms with E-state index in [2.05, 4.69) is 21.0 Å². The molecule has 3 aromatic rings. The fourth-order valence-corrected chi connectivity index (χ4v) is 2.45. The number of aryl methyl sites for hydroxylation is 1. The van der Waals surface area contributed by atoms with Gasteiger partial charge < -0.3 is 10.8 Å². The van der Waals surface area contributed by atoms with Gasteiger partial charge in [-0.05, 0) is 35.0 Å². The van der Waals surface area contributed by atoms with Gasteiger partial charge in [0.25, 0.3) is 0 Å². The standard InChI is InChI=1S/C14H12BrN3O/c1-18-14(16)7-12(17-18)11-5-9-4-10(15)3-2-8(9)6-13(11)19/h2-7,19H,16H2,1H3. The average molecular weight is 318 g/mol. The minimum atomic E-state index is 0.202. The normalized spacial score (nSPS) is 11.1. The van der Waals surface area contributed by atoms with E-state index in [4.69, 9.17) is 5.73 Å². The molecule has 5 heteroatoms. The van der Waals surface area contributed by atoms with E-state index < -0.39 is 0 Å². The van der Waals surface area contributed by atoms with Crippen LogP contribution >= 0.6 is 15.9 Å². The molecule has 0 atom stereocenters. The molecule has 0 radical (unpaired) electrons. The highest BCUT2D eigenvalue weighted by molar-refractivity contribution is 9.10. The minimum absolute atomic E-state index is 0.202. The number of nitrogens with two attached hydrogens (primary N) is 1. The number of hydrogen-bond donors (Lipinski definition) is 2. The SMILES string of the molecule is Cn1nc(-c2cc3cc(Br)ccc3cc2O)cc1N. The third-order valence-electron chi connectivity index (χ3n) is 3.11. The number of anilines is 1. The number of benzene rings is 2. The van der Waals surface area contributed by atoms with Crippen LogP contribution in [0.2, 0.25) is 0 Å². The van der Waals surface area contributed by atoms with E-state index in [-0.39, 0.29) is 5.75 Å².